The number of hydrogen-bond donors (Lipinski definition) is 1. The number of carbonyl (C=O) groups excluding carboxylic acids is 1. The molecule has 5 nitrogen and oxygen atoms in total. The molecule has 2 aromatic rings. The molecule has 2 N–H and O–H groups in total. The fraction of sp³-hybridized carbons (Fsp3) is 0.0769. The van der Waals surface area contributed by atoms with E-state index < -0.39 is 11.8 Å². The van der Waals surface area contributed by atoms with Crippen LogP contribution in [0.4, 0.5) is 10.1 Å². The van der Waals surface area contributed by atoms with Crippen LogP contribution in [-0.4, -0.2) is 18.1 Å². The van der Waals surface area contributed by atoms with Crippen molar-refractivity contribution < 1.29 is 18.7 Å². The zero-order valence-corrected chi connectivity index (χ0v) is 12.0. The van der Waals surface area contributed by atoms with E-state index in [9.17, 15) is 9.18 Å². The Labute approximate surface area is 122 Å². The second kappa shape index (κ2) is 5.87. The van der Waals surface area contributed by atoms with E-state index in [2.05, 4.69) is 25.7 Å². The van der Waals surface area contributed by atoms with E-state index in [1.165, 1.54) is 37.6 Å². The van der Waals surface area contributed by atoms with Crippen LogP contribution < -0.4 is 10.5 Å². The van der Waals surface area contributed by atoms with Gasteiger partial charge >= 0.3 is 5.97 Å². The fourth-order valence-corrected chi connectivity index (χ4v) is 1.89. The molecular weight excluding hydrogens is 331 g/mol. The summed E-state index contributed by atoms with van der Waals surface area (Å²) in [4.78, 5) is 15.5. The molecule has 0 saturated carbocycles. The van der Waals surface area contributed by atoms with Crippen molar-refractivity contribution in [3.05, 3.63) is 46.3 Å². The minimum absolute atomic E-state index is 0.145. The first-order valence-electron chi connectivity index (χ1n) is 5.48. The summed E-state index contributed by atoms with van der Waals surface area (Å²) < 4.78 is 23.5. The number of pyridine rings is 1. The lowest BCUT2D eigenvalue weighted by atomic mass is 10.2. The molecule has 0 saturated heterocycles. The normalized spacial score (nSPS) is 10.2. The molecule has 0 spiro atoms. The van der Waals surface area contributed by atoms with Crippen molar-refractivity contribution in [2.24, 2.45) is 0 Å². The summed E-state index contributed by atoms with van der Waals surface area (Å²) in [6, 6.07) is 5.30. The van der Waals surface area contributed by atoms with Gasteiger partial charge in [-0.05, 0) is 34.1 Å². The molecule has 0 aliphatic heterocycles. The lowest BCUT2D eigenvalue weighted by Gasteiger charge is -2.09. The van der Waals surface area contributed by atoms with Gasteiger partial charge in [-0.15, -0.1) is 0 Å². The number of nitrogen functional groups attached to an aromatic ring is 1. The lowest BCUT2D eigenvalue weighted by Crippen LogP contribution is -2.06. The molecule has 0 radical (unpaired) electrons. The van der Waals surface area contributed by atoms with Gasteiger partial charge in [-0.25, -0.2) is 14.2 Å². The van der Waals surface area contributed by atoms with Gasteiger partial charge in [0.2, 0.25) is 5.88 Å². The first-order chi connectivity index (χ1) is 9.51. The Morgan fingerprint density at radius 3 is 2.80 bits per heavy atom. The minimum Gasteiger partial charge on any atom is -0.465 e. The maximum atomic E-state index is 13.0. The molecule has 1 aromatic heterocycles. The largest absolute Gasteiger partial charge is 0.465 e. The highest BCUT2D eigenvalue weighted by molar-refractivity contribution is 9.10. The van der Waals surface area contributed by atoms with Crippen LogP contribution in [0, 0.1) is 5.82 Å². The Morgan fingerprint density at radius 1 is 1.40 bits per heavy atom. The highest BCUT2D eigenvalue weighted by Gasteiger charge is 2.13. The third kappa shape index (κ3) is 3.05. The van der Waals surface area contributed by atoms with E-state index in [1.54, 1.807) is 0 Å². The Hall–Kier alpha value is -2.15. The second-order valence-corrected chi connectivity index (χ2v) is 4.63. The molecule has 0 bridgehead atoms. The smallest absolute Gasteiger partial charge is 0.340 e. The highest BCUT2D eigenvalue weighted by Crippen LogP contribution is 2.30. The van der Waals surface area contributed by atoms with Gasteiger partial charge in [0, 0.05) is 6.07 Å². The number of aromatic nitrogens is 1. The number of nitrogens with two attached hydrogens (primary N) is 1. The van der Waals surface area contributed by atoms with E-state index in [-0.39, 0.29) is 17.1 Å². The van der Waals surface area contributed by atoms with Crippen LogP contribution in [0.2, 0.25) is 0 Å². The number of benzene rings is 1. The maximum Gasteiger partial charge on any atom is 0.340 e. The van der Waals surface area contributed by atoms with Crippen LogP contribution in [0.5, 0.6) is 11.6 Å². The molecule has 1 aromatic carbocycles. The maximum absolute atomic E-state index is 13.0. The van der Waals surface area contributed by atoms with Crippen LogP contribution in [0.3, 0.4) is 0 Å². The summed E-state index contributed by atoms with van der Waals surface area (Å²) in [6.07, 6.45) is 1.29. The Morgan fingerprint density at radius 2 is 2.15 bits per heavy atom. The first-order valence-corrected chi connectivity index (χ1v) is 6.27. The molecule has 0 atom stereocenters. The lowest BCUT2D eigenvalue weighted by molar-refractivity contribution is 0.0601. The van der Waals surface area contributed by atoms with Gasteiger partial charge in [0.1, 0.15) is 11.6 Å². The Kier molecular flexibility index (Phi) is 4.19. The SMILES string of the molecule is COC(=O)c1cc(Oc2ccc(F)cc2Br)ncc1N. The van der Waals surface area contributed by atoms with Crippen molar-refractivity contribution in [3.63, 3.8) is 0 Å². The zero-order chi connectivity index (χ0) is 14.7. The number of halogens is 2. The predicted molar refractivity (Wildman–Crippen MR) is 74.2 cm³/mol. The monoisotopic (exact) mass is 340 g/mol. The van der Waals surface area contributed by atoms with Gasteiger partial charge in [-0.2, -0.15) is 0 Å². The third-order valence-electron chi connectivity index (χ3n) is 2.42. The van der Waals surface area contributed by atoms with Crippen LogP contribution in [0.1, 0.15) is 10.4 Å². The summed E-state index contributed by atoms with van der Waals surface area (Å²) in [5.74, 6) is -0.482. The van der Waals surface area contributed by atoms with Gasteiger partial charge in [0.25, 0.3) is 0 Å². The molecule has 0 amide bonds. The van der Waals surface area contributed by atoms with E-state index in [0.717, 1.165) is 0 Å². The van der Waals surface area contributed by atoms with E-state index in [0.29, 0.717) is 10.2 Å². The first kappa shape index (κ1) is 14.3. The second-order valence-electron chi connectivity index (χ2n) is 3.78. The van der Waals surface area contributed by atoms with Gasteiger partial charge in [-0.3, -0.25) is 0 Å². The summed E-state index contributed by atoms with van der Waals surface area (Å²) in [5, 5.41) is 0. The summed E-state index contributed by atoms with van der Waals surface area (Å²) in [6.45, 7) is 0. The van der Waals surface area contributed by atoms with Gasteiger partial charge in [0.05, 0.1) is 29.0 Å². The van der Waals surface area contributed by atoms with Crippen molar-refractivity contribution in [2.75, 3.05) is 12.8 Å². The molecule has 0 unspecified atom stereocenters. The van der Waals surface area contributed by atoms with Crippen LogP contribution in [0.15, 0.2) is 34.9 Å². The molecular formula is C13H10BrFN2O3. The molecule has 0 aliphatic rings. The average molecular weight is 341 g/mol. The Balaban J connectivity index is 2.32. The molecule has 20 heavy (non-hydrogen) atoms. The topological polar surface area (TPSA) is 74.4 Å². The van der Waals surface area contributed by atoms with Crippen LogP contribution >= 0.6 is 15.9 Å². The predicted octanol–water partition coefficient (Wildman–Crippen LogP) is 3.14. The third-order valence-corrected chi connectivity index (χ3v) is 3.04. The molecule has 0 aliphatic carbocycles. The molecule has 104 valence electrons. The summed E-state index contributed by atoms with van der Waals surface area (Å²) in [7, 11) is 1.25. The fourth-order valence-electron chi connectivity index (χ4n) is 1.46. The average Bonchev–Trinajstić information content (AvgIpc) is 2.43. The number of carbonyl (C=O) groups is 1. The van der Waals surface area contributed by atoms with Gasteiger partial charge in [0.15, 0.2) is 0 Å². The van der Waals surface area contributed by atoms with Crippen molar-refractivity contribution in [2.45, 2.75) is 0 Å². The number of methoxy groups -OCH3 is 1. The summed E-state index contributed by atoms with van der Waals surface area (Å²) >= 11 is 3.17. The van der Waals surface area contributed by atoms with Crippen molar-refractivity contribution >= 4 is 27.6 Å². The van der Waals surface area contributed by atoms with Crippen molar-refractivity contribution in [1.29, 1.82) is 0 Å². The van der Waals surface area contributed by atoms with E-state index in [1.807, 2.05) is 0 Å². The number of anilines is 1. The van der Waals surface area contributed by atoms with Crippen molar-refractivity contribution in [1.82, 2.24) is 4.98 Å². The van der Waals surface area contributed by atoms with E-state index >= 15 is 0 Å². The van der Waals surface area contributed by atoms with Crippen LogP contribution in [-0.2, 0) is 4.74 Å². The standard InChI is InChI=1S/C13H10BrFN2O3/c1-19-13(18)8-5-12(17-6-10(8)16)20-11-3-2-7(15)4-9(11)14/h2-6H,16H2,1H3. The highest BCUT2D eigenvalue weighted by atomic mass is 79.9. The quantitative estimate of drug-likeness (QED) is 0.868. The van der Waals surface area contributed by atoms with E-state index in [4.69, 9.17) is 10.5 Å². The number of hydrogen-bond acceptors (Lipinski definition) is 5. The summed E-state index contributed by atoms with van der Waals surface area (Å²) in [5.41, 5.74) is 5.96. The molecule has 1 heterocycles. The number of ether oxygens (including phenoxy) is 2. The minimum atomic E-state index is -0.590. The molecule has 0 fully saturated rings. The number of esters is 1. The van der Waals surface area contributed by atoms with Gasteiger partial charge in [-0.1, -0.05) is 0 Å². The molecule has 2 rings (SSSR count). The molecule has 7 heteroatoms. The number of nitrogens with zero attached hydrogens (tertiary/aromatic N) is 1. The number of rotatable bonds is 3. The van der Waals surface area contributed by atoms with Gasteiger partial charge < -0.3 is 15.2 Å². The van der Waals surface area contributed by atoms with Crippen molar-refractivity contribution in [3.8, 4) is 11.6 Å². The van der Waals surface area contributed by atoms with Crippen LogP contribution in [0.25, 0.3) is 0 Å². The Bertz CT molecular complexity index is 664. The zero-order valence-electron chi connectivity index (χ0n) is 10.4.